The Morgan fingerprint density at radius 3 is 2.94 bits per heavy atom. The van der Waals surface area contributed by atoms with Crippen LogP contribution in [0.1, 0.15) is 25.3 Å². The summed E-state index contributed by atoms with van der Waals surface area (Å²) in [4.78, 5) is 5.53. The molecule has 2 aromatic rings. The van der Waals surface area contributed by atoms with Gasteiger partial charge in [-0.15, -0.1) is 21.5 Å². The average Bonchev–Trinajstić information content (AvgIpc) is 3.02. The van der Waals surface area contributed by atoms with Crippen LogP contribution in [-0.2, 0) is 5.75 Å². The van der Waals surface area contributed by atoms with E-state index in [-0.39, 0.29) is 0 Å². The molecule has 7 heteroatoms. The smallest absolute Gasteiger partial charge is 0.206 e. The van der Waals surface area contributed by atoms with Gasteiger partial charge in [0.15, 0.2) is 5.01 Å². The Bertz CT molecular complexity index is 436. The topological polar surface area (TPSA) is 50.7 Å². The van der Waals surface area contributed by atoms with Crippen molar-refractivity contribution in [2.24, 2.45) is 0 Å². The SMILES string of the molecule is CCCNc1nnc(-c2cnc(CSCC)s2)s1. The molecule has 2 heterocycles. The lowest BCUT2D eigenvalue weighted by molar-refractivity contribution is 0.964. The van der Waals surface area contributed by atoms with E-state index in [0.29, 0.717) is 0 Å². The summed E-state index contributed by atoms with van der Waals surface area (Å²) in [7, 11) is 0. The number of hydrogen-bond donors (Lipinski definition) is 1. The molecule has 0 atom stereocenters. The molecule has 18 heavy (non-hydrogen) atoms. The second kappa shape index (κ2) is 7.06. The molecule has 4 nitrogen and oxygen atoms in total. The quantitative estimate of drug-likeness (QED) is 0.844. The lowest BCUT2D eigenvalue weighted by atomic mass is 10.5. The monoisotopic (exact) mass is 300 g/mol. The normalized spacial score (nSPS) is 10.8. The zero-order valence-electron chi connectivity index (χ0n) is 10.5. The van der Waals surface area contributed by atoms with Crippen LogP contribution in [0.3, 0.4) is 0 Å². The summed E-state index contributed by atoms with van der Waals surface area (Å²) in [6.07, 6.45) is 2.99. The highest BCUT2D eigenvalue weighted by Gasteiger charge is 2.10. The van der Waals surface area contributed by atoms with Crippen LogP contribution in [0.25, 0.3) is 9.88 Å². The molecular formula is C11H16N4S3. The Kier molecular flexibility index (Phi) is 5.40. The minimum atomic E-state index is 0.893. The summed E-state index contributed by atoms with van der Waals surface area (Å²) < 4.78 is 0. The number of anilines is 1. The van der Waals surface area contributed by atoms with Gasteiger partial charge in [0.2, 0.25) is 5.13 Å². The van der Waals surface area contributed by atoms with Crippen molar-refractivity contribution in [2.45, 2.75) is 26.0 Å². The molecule has 1 N–H and O–H groups in total. The lowest BCUT2D eigenvalue weighted by Crippen LogP contribution is -1.98. The van der Waals surface area contributed by atoms with Crippen molar-refractivity contribution in [3.8, 4) is 9.88 Å². The molecule has 0 bridgehead atoms. The fraction of sp³-hybridized carbons (Fsp3) is 0.545. The van der Waals surface area contributed by atoms with Gasteiger partial charge in [-0.05, 0) is 12.2 Å². The van der Waals surface area contributed by atoms with Gasteiger partial charge < -0.3 is 5.32 Å². The third-order valence-corrected chi connectivity index (χ3v) is 5.26. The van der Waals surface area contributed by atoms with Gasteiger partial charge in [-0.1, -0.05) is 25.2 Å². The van der Waals surface area contributed by atoms with Crippen molar-refractivity contribution < 1.29 is 0 Å². The Morgan fingerprint density at radius 1 is 1.28 bits per heavy atom. The number of hydrogen-bond acceptors (Lipinski definition) is 7. The van der Waals surface area contributed by atoms with E-state index in [1.165, 1.54) is 0 Å². The van der Waals surface area contributed by atoms with Crippen LogP contribution >= 0.6 is 34.4 Å². The number of thiazole rings is 1. The molecule has 0 amide bonds. The molecule has 0 aliphatic rings. The highest BCUT2D eigenvalue weighted by Crippen LogP contribution is 2.31. The standard InChI is InChI=1S/C11H16N4S3/c1-3-5-12-11-15-14-10(18-11)8-6-13-9(17-8)7-16-4-2/h6H,3-5,7H2,1-2H3,(H,12,15). The average molecular weight is 300 g/mol. The third kappa shape index (κ3) is 3.66. The summed E-state index contributed by atoms with van der Waals surface area (Å²) in [6.45, 7) is 5.24. The highest BCUT2D eigenvalue weighted by atomic mass is 32.2. The molecular weight excluding hydrogens is 284 g/mol. The number of rotatable bonds is 7. The fourth-order valence-electron chi connectivity index (χ4n) is 1.29. The predicted octanol–water partition coefficient (Wildman–Crippen LogP) is 3.74. The molecule has 0 aliphatic carbocycles. The van der Waals surface area contributed by atoms with E-state index in [1.807, 2.05) is 18.0 Å². The second-order valence-corrected chi connectivity index (χ2v) is 6.96. The van der Waals surface area contributed by atoms with Crippen LogP contribution in [0.4, 0.5) is 5.13 Å². The van der Waals surface area contributed by atoms with Crippen LogP contribution < -0.4 is 5.32 Å². The maximum atomic E-state index is 4.42. The fourth-order valence-corrected chi connectivity index (χ4v) is 3.75. The minimum Gasteiger partial charge on any atom is -0.360 e. The number of aromatic nitrogens is 3. The van der Waals surface area contributed by atoms with E-state index in [2.05, 4.69) is 34.3 Å². The van der Waals surface area contributed by atoms with Gasteiger partial charge in [0.25, 0.3) is 0 Å². The Hall–Kier alpha value is -0.660. The summed E-state index contributed by atoms with van der Waals surface area (Å²) in [6, 6.07) is 0. The van der Waals surface area contributed by atoms with E-state index in [1.54, 1.807) is 22.7 Å². The van der Waals surface area contributed by atoms with Crippen molar-refractivity contribution in [1.29, 1.82) is 0 Å². The molecule has 2 rings (SSSR count). The second-order valence-electron chi connectivity index (χ2n) is 3.59. The minimum absolute atomic E-state index is 0.893. The maximum Gasteiger partial charge on any atom is 0.206 e. The molecule has 0 aromatic carbocycles. The van der Waals surface area contributed by atoms with Crippen LogP contribution in [0.15, 0.2) is 6.20 Å². The van der Waals surface area contributed by atoms with E-state index < -0.39 is 0 Å². The number of nitrogens with one attached hydrogen (secondary N) is 1. The molecule has 0 saturated heterocycles. The molecule has 98 valence electrons. The Morgan fingerprint density at radius 2 is 2.17 bits per heavy atom. The van der Waals surface area contributed by atoms with Gasteiger partial charge in [0.05, 0.1) is 4.88 Å². The summed E-state index contributed by atoms with van der Waals surface area (Å²) in [5.41, 5.74) is 0. The van der Waals surface area contributed by atoms with Gasteiger partial charge in [0.1, 0.15) is 5.01 Å². The molecule has 0 fully saturated rings. The van der Waals surface area contributed by atoms with E-state index >= 15 is 0 Å². The molecule has 0 radical (unpaired) electrons. The zero-order valence-corrected chi connectivity index (χ0v) is 12.9. The van der Waals surface area contributed by atoms with Crippen LogP contribution in [-0.4, -0.2) is 27.5 Å². The first-order valence-electron chi connectivity index (χ1n) is 5.93. The third-order valence-electron chi connectivity index (χ3n) is 2.15. The van der Waals surface area contributed by atoms with Gasteiger partial charge in [0, 0.05) is 18.5 Å². The maximum absolute atomic E-state index is 4.42. The first-order valence-corrected chi connectivity index (χ1v) is 8.72. The van der Waals surface area contributed by atoms with Crippen LogP contribution in [0.2, 0.25) is 0 Å². The molecule has 0 saturated carbocycles. The van der Waals surface area contributed by atoms with E-state index in [0.717, 1.165) is 44.5 Å². The first-order chi connectivity index (χ1) is 8.83. The number of thioether (sulfide) groups is 1. The van der Waals surface area contributed by atoms with Gasteiger partial charge >= 0.3 is 0 Å². The first kappa shape index (κ1) is 13.8. The van der Waals surface area contributed by atoms with Crippen LogP contribution in [0.5, 0.6) is 0 Å². The van der Waals surface area contributed by atoms with Gasteiger partial charge in [-0.3, -0.25) is 0 Å². The van der Waals surface area contributed by atoms with Crippen LogP contribution in [0, 0.1) is 0 Å². The molecule has 0 unspecified atom stereocenters. The van der Waals surface area contributed by atoms with E-state index in [9.17, 15) is 0 Å². The highest BCUT2D eigenvalue weighted by molar-refractivity contribution is 7.98. The van der Waals surface area contributed by atoms with E-state index in [4.69, 9.17) is 0 Å². The Labute approximate surface area is 119 Å². The molecule has 0 spiro atoms. The summed E-state index contributed by atoms with van der Waals surface area (Å²) in [5.74, 6) is 2.11. The van der Waals surface area contributed by atoms with Gasteiger partial charge in [-0.25, -0.2) is 4.98 Å². The van der Waals surface area contributed by atoms with Crippen molar-refractivity contribution in [3.05, 3.63) is 11.2 Å². The summed E-state index contributed by atoms with van der Waals surface area (Å²) in [5, 5.41) is 14.6. The summed E-state index contributed by atoms with van der Waals surface area (Å²) >= 11 is 5.19. The predicted molar refractivity (Wildman–Crippen MR) is 81.6 cm³/mol. The molecule has 2 aromatic heterocycles. The van der Waals surface area contributed by atoms with Crippen molar-refractivity contribution in [3.63, 3.8) is 0 Å². The Balaban J connectivity index is 2.01. The van der Waals surface area contributed by atoms with Crippen molar-refractivity contribution in [2.75, 3.05) is 17.6 Å². The number of nitrogens with zero attached hydrogens (tertiary/aromatic N) is 3. The lowest BCUT2D eigenvalue weighted by Gasteiger charge is -1.95. The van der Waals surface area contributed by atoms with Crippen molar-refractivity contribution >= 4 is 39.6 Å². The largest absolute Gasteiger partial charge is 0.360 e. The van der Waals surface area contributed by atoms with Gasteiger partial charge in [-0.2, -0.15) is 11.8 Å². The van der Waals surface area contributed by atoms with Crippen molar-refractivity contribution in [1.82, 2.24) is 15.2 Å². The zero-order chi connectivity index (χ0) is 12.8. The molecule has 0 aliphatic heterocycles.